The Hall–Kier alpha value is -1.82. The highest BCUT2D eigenvalue weighted by molar-refractivity contribution is 5.75. The van der Waals surface area contributed by atoms with Crippen molar-refractivity contribution in [3.63, 3.8) is 0 Å². The maximum Gasteiger partial charge on any atom is 0.150 e. The standard InChI is InChI=1S/C11H10FNO/c1-3-6-13(2)11-5-4-9(8-14)7-10(11)12/h1,4-5,7-8H,6H2,2H3. The van der Waals surface area contributed by atoms with E-state index in [0.717, 1.165) is 0 Å². The lowest BCUT2D eigenvalue weighted by atomic mass is 10.2. The van der Waals surface area contributed by atoms with E-state index in [2.05, 4.69) is 5.92 Å². The normalized spacial score (nSPS) is 9.21. The van der Waals surface area contributed by atoms with Gasteiger partial charge in [0.05, 0.1) is 12.2 Å². The number of carbonyl (C=O) groups is 1. The molecule has 1 aromatic rings. The number of benzene rings is 1. The Kier molecular flexibility index (Phi) is 3.24. The van der Waals surface area contributed by atoms with Gasteiger partial charge in [-0.05, 0) is 18.2 Å². The Morgan fingerprint density at radius 2 is 2.36 bits per heavy atom. The molecule has 0 saturated carbocycles. The molecule has 2 nitrogen and oxygen atoms in total. The van der Waals surface area contributed by atoms with E-state index in [9.17, 15) is 9.18 Å². The summed E-state index contributed by atoms with van der Waals surface area (Å²) >= 11 is 0. The summed E-state index contributed by atoms with van der Waals surface area (Å²) in [5.74, 6) is 1.97. The summed E-state index contributed by atoms with van der Waals surface area (Å²) in [6.07, 6.45) is 5.71. The molecule has 0 saturated heterocycles. The van der Waals surface area contributed by atoms with Crippen LogP contribution in [0.15, 0.2) is 18.2 Å². The SMILES string of the molecule is C#CCN(C)c1ccc(C=O)cc1F. The van der Waals surface area contributed by atoms with E-state index in [1.54, 1.807) is 18.0 Å². The monoisotopic (exact) mass is 191 g/mol. The van der Waals surface area contributed by atoms with Crippen LogP contribution in [0.4, 0.5) is 10.1 Å². The Labute approximate surface area is 82.3 Å². The van der Waals surface area contributed by atoms with Gasteiger partial charge in [0.2, 0.25) is 0 Å². The molecule has 1 rings (SSSR count). The molecule has 0 fully saturated rings. The Morgan fingerprint density at radius 3 is 2.86 bits per heavy atom. The highest BCUT2D eigenvalue weighted by atomic mass is 19.1. The second kappa shape index (κ2) is 4.43. The number of carbonyl (C=O) groups excluding carboxylic acids is 1. The van der Waals surface area contributed by atoms with E-state index in [0.29, 0.717) is 24.1 Å². The van der Waals surface area contributed by atoms with Crippen LogP contribution < -0.4 is 4.90 Å². The third kappa shape index (κ3) is 2.11. The van der Waals surface area contributed by atoms with Crippen LogP contribution in [0.5, 0.6) is 0 Å². The molecule has 0 amide bonds. The van der Waals surface area contributed by atoms with Crippen molar-refractivity contribution in [2.75, 3.05) is 18.5 Å². The minimum Gasteiger partial charge on any atom is -0.361 e. The average molecular weight is 191 g/mol. The number of rotatable bonds is 3. The highest BCUT2D eigenvalue weighted by Gasteiger charge is 2.06. The molecule has 0 atom stereocenters. The maximum atomic E-state index is 13.3. The molecule has 0 radical (unpaired) electrons. The van der Waals surface area contributed by atoms with Crippen molar-refractivity contribution in [3.05, 3.63) is 29.6 Å². The average Bonchev–Trinajstić information content (AvgIpc) is 2.17. The van der Waals surface area contributed by atoms with Crippen molar-refractivity contribution in [3.8, 4) is 12.3 Å². The second-order valence-corrected chi connectivity index (χ2v) is 2.89. The summed E-state index contributed by atoms with van der Waals surface area (Å²) in [5, 5.41) is 0. The van der Waals surface area contributed by atoms with Crippen LogP contribution in [-0.4, -0.2) is 19.9 Å². The summed E-state index contributed by atoms with van der Waals surface area (Å²) in [4.78, 5) is 12.0. The van der Waals surface area contributed by atoms with Gasteiger partial charge < -0.3 is 4.90 Å². The minimum atomic E-state index is -0.438. The van der Waals surface area contributed by atoms with Gasteiger partial charge in [0.25, 0.3) is 0 Å². The largest absolute Gasteiger partial charge is 0.361 e. The van der Waals surface area contributed by atoms with E-state index in [1.807, 2.05) is 0 Å². The van der Waals surface area contributed by atoms with Crippen LogP contribution in [0, 0.1) is 18.2 Å². The number of aldehydes is 1. The zero-order valence-corrected chi connectivity index (χ0v) is 7.83. The van der Waals surface area contributed by atoms with Crippen molar-refractivity contribution in [1.82, 2.24) is 0 Å². The van der Waals surface area contributed by atoms with Gasteiger partial charge in [-0.15, -0.1) is 6.42 Å². The van der Waals surface area contributed by atoms with Crippen LogP contribution >= 0.6 is 0 Å². The fourth-order valence-electron chi connectivity index (χ4n) is 1.13. The molecule has 0 aliphatic carbocycles. The number of nitrogens with zero attached hydrogens (tertiary/aromatic N) is 1. The smallest absolute Gasteiger partial charge is 0.150 e. The Morgan fingerprint density at radius 1 is 1.64 bits per heavy atom. The molecule has 0 heterocycles. The molecule has 72 valence electrons. The molecule has 0 bridgehead atoms. The van der Waals surface area contributed by atoms with Crippen LogP contribution in [0.1, 0.15) is 10.4 Å². The Balaban J connectivity index is 3.00. The van der Waals surface area contributed by atoms with Crippen LogP contribution in [0.3, 0.4) is 0 Å². The van der Waals surface area contributed by atoms with Gasteiger partial charge in [-0.3, -0.25) is 4.79 Å². The molecule has 0 aromatic heterocycles. The fraction of sp³-hybridized carbons (Fsp3) is 0.182. The summed E-state index contributed by atoms with van der Waals surface area (Å²) in [5.41, 5.74) is 0.717. The Bertz CT molecular complexity index is 381. The van der Waals surface area contributed by atoms with E-state index in [-0.39, 0.29) is 0 Å². The summed E-state index contributed by atoms with van der Waals surface area (Å²) in [7, 11) is 1.69. The number of hydrogen-bond acceptors (Lipinski definition) is 2. The minimum absolute atomic E-state index is 0.320. The first-order chi connectivity index (χ1) is 6.69. The molecule has 0 N–H and O–H groups in total. The molecule has 14 heavy (non-hydrogen) atoms. The molecule has 0 aliphatic heterocycles. The fourth-order valence-corrected chi connectivity index (χ4v) is 1.13. The predicted molar refractivity (Wildman–Crippen MR) is 53.9 cm³/mol. The second-order valence-electron chi connectivity index (χ2n) is 2.89. The van der Waals surface area contributed by atoms with Crippen molar-refractivity contribution in [1.29, 1.82) is 0 Å². The van der Waals surface area contributed by atoms with Gasteiger partial charge in [-0.25, -0.2) is 4.39 Å². The van der Waals surface area contributed by atoms with Gasteiger partial charge in [0.1, 0.15) is 12.1 Å². The zero-order valence-electron chi connectivity index (χ0n) is 7.83. The summed E-state index contributed by atoms with van der Waals surface area (Å²) in [6.45, 7) is 0.331. The number of anilines is 1. The predicted octanol–water partition coefficient (Wildman–Crippen LogP) is 1.71. The van der Waals surface area contributed by atoms with Gasteiger partial charge in [-0.2, -0.15) is 0 Å². The first-order valence-corrected chi connectivity index (χ1v) is 4.08. The quantitative estimate of drug-likeness (QED) is 0.535. The number of hydrogen-bond donors (Lipinski definition) is 0. The molecular formula is C11H10FNO. The van der Waals surface area contributed by atoms with Crippen LogP contribution in [0.25, 0.3) is 0 Å². The van der Waals surface area contributed by atoms with Crippen LogP contribution in [-0.2, 0) is 0 Å². The third-order valence-corrected chi connectivity index (χ3v) is 1.85. The lowest BCUT2D eigenvalue weighted by Gasteiger charge is -2.16. The highest BCUT2D eigenvalue weighted by Crippen LogP contribution is 2.18. The lowest BCUT2D eigenvalue weighted by molar-refractivity contribution is 0.112. The van der Waals surface area contributed by atoms with Crippen LogP contribution in [0.2, 0.25) is 0 Å². The molecule has 1 aromatic carbocycles. The van der Waals surface area contributed by atoms with Crippen molar-refractivity contribution >= 4 is 12.0 Å². The molecule has 0 spiro atoms. The van der Waals surface area contributed by atoms with Gasteiger partial charge in [0, 0.05) is 12.6 Å². The summed E-state index contributed by atoms with van der Waals surface area (Å²) < 4.78 is 13.3. The third-order valence-electron chi connectivity index (χ3n) is 1.85. The number of halogens is 1. The van der Waals surface area contributed by atoms with E-state index in [4.69, 9.17) is 6.42 Å². The van der Waals surface area contributed by atoms with Crippen molar-refractivity contribution in [2.45, 2.75) is 0 Å². The van der Waals surface area contributed by atoms with Gasteiger partial charge in [0.15, 0.2) is 0 Å². The number of terminal acetylenes is 1. The molecular weight excluding hydrogens is 181 g/mol. The van der Waals surface area contributed by atoms with E-state index < -0.39 is 5.82 Å². The van der Waals surface area contributed by atoms with Crippen molar-refractivity contribution in [2.24, 2.45) is 0 Å². The first kappa shape index (κ1) is 10.3. The first-order valence-electron chi connectivity index (χ1n) is 4.08. The topological polar surface area (TPSA) is 20.3 Å². The maximum absolute atomic E-state index is 13.3. The van der Waals surface area contributed by atoms with Gasteiger partial charge >= 0.3 is 0 Å². The van der Waals surface area contributed by atoms with E-state index >= 15 is 0 Å². The zero-order chi connectivity index (χ0) is 10.6. The van der Waals surface area contributed by atoms with E-state index in [1.165, 1.54) is 12.1 Å². The molecule has 3 heteroatoms. The van der Waals surface area contributed by atoms with Gasteiger partial charge in [-0.1, -0.05) is 5.92 Å². The lowest BCUT2D eigenvalue weighted by Crippen LogP contribution is -2.18. The molecule has 0 aliphatic rings. The van der Waals surface area contributed by atoms with Crippen molar-refractivity contribution < 1.29 is 9.18 Å². The molecule has 0 unspecified atom stereocenters. The summed E-state index contributed by atoms with van der Waals surface area (Å²) in [6, 6.07) is 4.28.